The molecule has 4 N–H and O–H groups in total. The van der Waals surface area contributed by atoms with Crippen LogP contribution < -0.4 is 15.4 Å². The molecule has 3 atom stereocenters. The van der Waals surface area contributed by atoms with Crippen LogP contribution in [0.3, 0.4) is 0 Å². The van der Waals surface area contributed by atoms with E-state index < -0.39 is 37.0 Å². The number of halogens is 4. The summed E-state index contributed by atoms with van der Waals surface area (Å²) in [4.78, 5) is 13.0. The van der Waals surface area contributed by atoms with Gasteiger partial charge in [-0.05, 0) is 48.7 Å². The third-order valence-electron chi connectivity index (χ3n) is 7.11. The first kappa shape index (κ1) is 31.9. The second-order valence-corrected chi connectivity index (χ2v) is 10.3. The zero-order valence-corrected chi connectivity index (χ0v) is 23.7. The number of benzene rings is 2. The van der Waals surface area contributed by atoms with E-state index in [1.807, 2.05) is 4.90 Å². The summed E-state index contributed by atoms with van der Waals surface area (Å²) in [6.07, 6.45) is -6.05. The highest BCUT2D eigenvalue weighted by Crippen LogP contribution is 2.32. The zero-order chi connectivity index (χ0) is 31.1. The van der Waals surface area contributed by atoms with Crippen LogP contribution >= 0.6 is 0 Å². The van der Waals surface area contributed by atoms with Crippen molar-refractivity contribution in [2.24, 2.45) is 0 Å². The highest BCUT2D eigenvalue weighted by Gasteiger charge is 2.32. The summed E-state index contributed by atoms with van der Waals surface area (Å²) in [5, 5.41) is 25.8. The van der Waals surface area contributed by atoms with Gasteiger partial charge in [0.05, 0.1) is 54.9 Å². The number of alkyl halides is 4. The van der Waals surface area contributed by atoms with E-state index in [0.29, 0.717) is 35.2 Å². The molecule has 1 aromatic heterocycles. The molecular formula is C30H34F4N4O5. The number of β-amino-alcohol motifs (C(OH)–C–C–N with tert-alkyl or cyclic N) is 1. The van der Waals surface area contributed by atoms with Gasteiger partial charge in [-0.1, -0.05) is 12.0 Å². The van der Waals surface area contributed by atoms with Gasteiger partial charge < -0.3 is 34.9 Å². The molecule has 1 fully saturated rings. The molecule has 0 radical (unpaired) electrons. The van der Waals surface area contributed by atoms with E-state index >= 15 is 4.39 Å². The maximum Gasteiger partial charge on any atom is 0.406 e. The molecule has 0 amide bonds. The third kappa shape index (κ3) is 8.31. The molecular weight excluding hydrogens is 572 g/mol. The van der Waals surface area contributed by atoms with Crippen molar-refractivity contribution >= 4 is 28.2 Å². The first-order valence-electron chi connectivity index (χ1n) is 13.6. The van der Waals surface area contributed by atoms with Crippen LogP contribution in [-0.4, -0.2) is 97.1 Å². The number of ether oxygens (including phenoxy) is 2. The first-order chi connectivity index (χ1) is 20.5. The summed E-state index contributed by atoms with van der Waals surface area (Å²) in [7, 11) is 2.87. The fourth-order valence-electron chi connectivity index (χ4n) is 5.15. The quantitative estimate of drug-likeness (QED) is 0.190. The van der Waals surface area contributed by atoms with Crippen molar-refractivity contribution in [1.82, 2.24) is 9.47 Å². The van der Waals surface area contributed by atoms with Crippen LogP contribution in [0.4, 0.5) is 28.9 Å². The van der Waals surface area contributed by atoms with Crippen molar-refractivity contribution in [2.45, 2.75) is 37.5 Å². The molecule has 4 rings (SSSR count). The van der Waals surface area contributed by atoms with Crippen molar-refractivity contribution in [3.63, 3.8) is 0 Å². The number of rotatable bonds is 11. The number of aromatic carboxylic acids is 1. The van der Waals surface area contributed by atoms with Crippen molar-refractivity contribution in [1.29, 1.82) is 0 Å². The topological polar surface area (TPSA) is 108 Å². The summed E-state index contributed by atoms with van der Waals surface area (Å²) in [5.74, 6) is 4.81. The maximum absolute atomic E-state index is 15.1. The van der Waals surface area contributed by atoms with Crippen molar-refractivity contribution < 1.29 is 42.0 Å². The van der Waals surface area contributed by atoms with Gasteiger partial charge in [-0.3, -0.25) is 4.90 Å². The molecule has 1 aliphatic rings. The van der Waals surface area contributed by atoms with E-state index in [2.05, 4.69) is 22.5 Å². The molecule has 0 saturated carbocycles. The van der Waals surface area contributed by atoms with E-state index in [4.69, 9.17) is 14.6 Å². The number of nitrogens with one attached hydrogen (secondary N) is 2. The summed E-state index contributed by atoms with van der Waals surface area (Å²) in [6.45, 7) is -0.123. The molecule has 1 unspecified atom stereocenters. The van der Waals surface area contributed by atoms with E-state index in [1.165, 1.54) is 32.4 Å². The molecule has 0 bridgehead atoms. The standard InChI is InChI=1S/C30H34F4N4O5/c1-42-17-21(39)15-37-12-10-25(23(31)16-37)36-24-6-3-7-27-22(24)14-20(38(27)18-30(32,33)34)5-4-11-35-26-9-8-19(29(40)41)13-28(26)43-2/h3,6-9,13-14,21,23,25,35-36,39H,10-12,15-18H2,1-2H3,(H,40,41)/t21?,23-,25-/m0/s1. The second-order valence-electron chi connectivity index (χ2n) is 10.3. The minimum Gasteiger partial charge on any atom is -0.495 e. The number of carboxylic acid groups (broad SMARTS) is 1. The minimum atomic E-state index is -4.51. The second kappa shape index (κ2) is 14.0. The Bertz CT molecular complexity index is 1480. The largest absolute Gasteiger partial charge is 0.495 e. The lowest BCUT2D eigenvalue weighted by Gasteiger charge is -2.36. The lowest BCUT2D eigenvalue weighted by Crippen LogP contribution is -2.50. The molecule has 2 aromatic carbocycles. The number of fused-ring (bicyclic) bond motifs is 1. The Morgan fingerprint density at radius 2 is 1.98 bits per heavy atom. The van der Waals surface area contributed by atoms with Crippen LogP contribution in [0.1, 0.15) is 22.5 Å². The summed E-state index contributed by atoms with van der Waals surface area (Å²) < 4.78 is 67.1. The van der Waals surface area contributed by atoms with Crippen LogP contribution in [0.5, 0.6) is 5.75 Å². The molecule has 9 nitrogen and oxygen atoms in total. The van der Waals surface area contributed by atoms with Crippen LogP contribution in [0, 0.1) is 11.8 Å². The van der Waals surface area contributed by atoms with Gasteiger partial charge in [0.25, 0.3) is 0 Å². The number of hydrogen-bond donors (Lipinski definition) is 4. The number of aromatic nitrogens is 1. The van der Waals surface area contributed by atoms with E-state index in [-0.39, 0.29) is 43.2 Å². The third-order valence-corrected chi connectivity index (χ3v) is 7.11. The molecule has 2 heterocycles. The molecule has 232 valence electrons. The van der Waals surface area contributed by atoms with Gasteiger partial charge in [0, 0.05) is 37.8 Å². The van der Waals surface area contributed by atoms with Crippen LogP contribution in [0.15, 0.2) is 42.5 Å². The molecule has 43 heavy (non-hydrogen) atoms. The number of piperidine rings is 1. The normalized spacial score (nSPS) is 18.1. The van der Waals surface area contributed by atoms with Gasteiger partial charge in [-0.25, -0.2) is 9.18 Å². The first-order valence-corrected chi connectivity index (χ1v) is 13.6. The Balaban J connectivity index is 1.53. The van der Waals surface area contributed by atoms with E-state index in [1.54, 1.807) is 24.3 Å². The van der Waals surface area contributed by atoms with Gasteiger partial charge >= 0.3 is 12.1 Å². The average molecular weight is 607 g/mol. The summed E-state index contributed by atoms with van der Waals surface area (Å²) in [5.41, 5.74) is 1.46. The summed E-state index contributed by atoms with van der Waals surface area (Å²) >= 11 is 0. The van der Waals surface area contributed by atoms with Gasteiger partial charge in [0.15, 0.2) is 0 Å². The fourth-order valence-corrected chi connectivity index (χ4v) is 5.15. The van der Waals surface area contributed by atoms with Gasteiger partial charge in [-0.2, -0.15) is 13.2 Å². The summed E-state index contributed by atoms with van der Waals surface area (Å²) in [6, 6.07) is 10.2. The zero-order valence-electron chi connectivity index (χ0n) is 23.7. The lowest BCUT2D eigenvalue weighted by atomic mass is 10.0. The number of carbonyl (C=O) groups is 1. The van der Waals surface area contributed by atoms with Crippen molar-refractivity contribution in [2.75, 3.05) is 57.6 Å². The monoisotopic (exact) mass is 606 g/mol. The van der Waals surface area contributed by atoms with Crippen molar-refractivity contribution in [3.8, 4) is 17.6 Å². The molecule has 0 aliphatic carbocycles. The Morgan fingerprint density at radius 1 is 1.19 bits per heavy atom. The maximum atomic E-state index is 15.1. The molecule has 1 saturated heterocycles. The highest BCUT2D eigenvalue weighted by molar-refractivity contribution is 5.94. The molecule has 13 heteroatoms. The minimum absolute atomic E-state index is 0.0417. The Kier molecular flexibility index (Phi) is 10.4. The predicted molar refractivity (Wildman–Crippen MR) is 155 cm³/mol. The van der Waals surface area contributed by atoms with Gasteiger partial charge in [-0.15, -0.1) is 0 Å². The smallest absolute Gasteiger partial charge is 0.406 e. The number of hydrogen-bond acceptors (Lipinski definition) is 7. The molecule has 3 aromatic rings. The Labute approximate surface area is 246 Å². The molecule has 0 spiro atoms. The van der Waals surface area contributed by atoms with Gasteiger partial charge in [0.1, 0.15) is 18.5 Å². The highest BCUT2D eigenvalue weighted by atomic mass is 19.4. The number of carboxylic acids is 1. The number of nitrogens with zero attached hydrogens (tertiary/aromatic N) is 2. The number of methoxy groups -OCH3 is 2. The van der Waals surface area contributed by atoms with Crippen LogP contribution in [-0.2, 0) is 11.3 Å². The van der Waals surface area contributed by atoms with E-state index in [9.17, 15) is 23.1 Å². The molecule has 1 aliphatic heterocycles. The Hall–Kier alpha value is -3.99. The Morgan fingerprint density at radius 3 is 2.65 bits per heavy atom. The van der Waals surface area contributed by atoms with Crippen molar-refractivity contribution in [3.05, 3.63) is 53.7 Å². The van der Waals surface area contributed by atoms with Crippen LogP contribution in [0.25, 0.3) is 10.9 Å². The fraction of sp³-hybridized carbons (Fsp3) is 0.433. The predicted octanol–water partition coefficient (Wildman–Crippen LogP) is 4.21. The number of aliphatic hydroxyl groups excluding tert-OH is 1. The number of anilines is 2. The average Bonchev–Trinajstić information content (AvgIpc) is 3.29. The van der Waals surface area contributed by atoms with E-state index in [0.717, 1.165) is 4.57 Å². The van der Waals surface area contributed by atoms with Crippen LogP contribution in [0.2, 0.25) is 0 Å². The SMILES string of the molecule is COCC(O)CN1CC[C@H](Nc2cccc3c2cc(C#CCNc2ccc(C(=O)O)cc2OC)n3CC(F)(F)F)[C@@H](F)C1. The number of likely N-dealkylation sites (tertiary alicyclic amines) is 1. The van der Waals surface area contributed by atoms with Gasteiger partial charge in [0.2, 0.25) is 0 Å². The lowest BCUT2D eigenvalue weighted by molar-refractivity contribution is -0.140. The number of aliphatic hydroxyl groups is 1.